The van der Waals surface area contributed by atoms with E-state index in [-0.39, 0.29) is 21.7 Å². The van der Waals surface area contributed by atoms with E-state index in [1.54, 1.807) is 0 Å². The van der Waals surface area contributed by atoms with Crippen LogP contribution in [0, 0.1) is 44.3 Å². The molecule has 0 radical (unpaired) electrons. The van der Waals surface area contributed by atoms with Crippen molar-refractivity contribution < 1.29 is 19.8 Å². The first-order valence-corrected chi connectivity index (χ1v) is 14.5. The van der Waals surface area contributed by atoms with E-state index >= 15 is 0 Å². The number of carboxylic acid groups (broad SMARTS) is 2. The highest BCUT2D eigenvalue weighted by atomic mass is 16.4. The van der Waals surface area contributed by atoms with Crippen molar-refractivity contribution >= 4 is 11.9 Å². The lowest BCUT2D eigenvalue weighted by atomic mass is 9.27. The zero-order valence-electron chi connectivity index (χ0n) is 21.6. The Kier molecular flexibility index (Phi) is 4.98. The first-order valence-electron chi connectivity index (χ1n) is 14.5. The van der Waals surface area contributed by atoms with Crippen molar-refractivity contribution in [3.8, 4) is 0 Å². The lowest BCUT2D eigenvalue weighted by molar-refractivity contribution is -0.274. The second kappa shape index (κ2) is 7.25. The molecule has 4 nitrogen and oxygen atoms in total. The van der Waals surface area contributed by atoms with Crippen molar-refractivity contribution in [2.24, 2.45) is 44.3 Å². The van der Waals surface area contributed by atoms with Crippen LogP contribution in [0.15, 0.2) is 0 Å². The summed E-state index contributed by atoms with van der Waals surface area (Å²) >= 11 is 0. The van der Waals surface area contributed by atoms with Gasteiger partial charge in [0, 0.05) is 0 Å². The zero-order chi connectivity index (χ0) is 24.0. The van der Waals surface area contributed by atoms with Gasteiger partial charge in [0.1, 0.15) is 0 Å². The Labute approximate surface area is 205 Å². The third-order valence-electron chi connectivity index (χ3n) is 12.5. The number of aliphatic carboxylic acids is 2. The minimum Gasteiger partial charge on any atom is -0.481 e. The molecule has 8 unspecified atom stereocenters. The molecule has 8 bridgehead atoms. The molecule has 0 aromatic carbocycles. The van der Waals surface area contributed by atoms with E-state index in [2.05, 4.69) is 13.8 Å². The van der Waals surface area contributed by atoms with Crippen molar-refractivity contribution in [2.75, 3.05) is 0 Å². The number of hydrogen-bond acceptors (Lipinski definition) is 2. The monoisotopic (exact) mass is 470 g/mol. The van der Waals surface area contributed by atoms with Crippen LogP contribution in [0.25, 0.3) is 0 Å². The highest BCUT2D eigenvalue weighted by Gasteiger charge is 2.75. The number of unbranched alkanes of at least 4 members (excludes halogenated alkanes) is 2. The Morgan fingerprint density at radius 1 is 0.618 bits per heavy atom. The summed E-state index contributed by atoms with van der Waals surface area (Å²) in [5.74, 6) is -0.0189. The van der Waals surface area contributed by atoms with Crippen molar-refractivity contribution in [3.05, 3.63) is 0 Å². The van der Waals surface area contributed by atoms with Gasteiger partial charge in [-0.2, -0.15) is 0 Å². The van der Waals surface area contributed by atoms with Gasteiger partial charge < -0.3 is 10.2 Å². The molecular formula is C30H46O4. The fourth-order valence-corrected chi connectivity index (χ4v) is 12.6. The fourth-order valence-electron chi connectivity index (χ4n) is 12.6. The topological polar surface area (TPSA) is 74.6 Å². The third-order valence-corrected chi connectivity index (χ3v) is 12.5. The number of hydrogen-bond donors (Lipinski definition) is 2. The molecule has 0 aromatic rings. The second-order valence-electron chi connectivity index (χ2n) is 15.0. The van der Waals surface area contributed by atoms with Crippen LogP contribution >= 0.6 is 0 Å². The predicted molar refractivity (Wildman–Crippen MR) is 131 cm³/mol. The summed E-state index contributed by atoms with van der Waals surface area (Å²) in [5, 5.41) is 21.3. The molecule has 8 rings (SSSR count). The molecular weight excluding hydrogens is 424 g/mol. The Morgan fingerprint density at radius 3 is 1.38 bits per heavy atom. The van der Waals surface area contributed by atoms with E-state index in [0.29, 0.717) is 11.8 Å². The molecule has 8 fully saturated rings. The van der Waals surface area contributed by atoms with Crippen molar-refractivity contribution in [3.63, 3.8) is 0 Å². The maximum atomic E-state index is 12.9. The molecule has 0 aromatic heterocycles. The average molecular weight is 471 g/mol. The van der Waals surface area contributed by atoms with Gasteiger partial charge in [0.05, 0.1) is 10.8 Å². The summed E-state index contributed by atoms with van der Waals surface area (Å²) in [4.78, 5) is 25.8. The van der Waals surface area contributed by atoms with Crippen LogP contribution in [0.3, 0.4) is 0 Å². The van der Waals surface area contributed by atoms with Gasteiger partial charge >= 0.3 is 11.9 Å². The van der Waals surface area contributed by atoms with Gasteiger partial charge in [-0.25, -0.2) is 0 Å². The average Bonchev–Trinajstić information content (AvgIpc) is 2.74. The molecule has 8 atom stereocenters. The van der Waals surface area contributed by atoms with Gasteiger partial charge in [-0.1, -0.05) is 39.5 Å². The maximum Gasteiger partial charge on any atom is 0.309 e. The molecule has 8 saturated carbocycles. The van der Waals surface area contributed by atoms with Gasteiger partial charge in [0.15, 0.2) is 0 Å². The maximum absolute atomic E-state index is 12.9. The van der Waals surface area contributed by atoms with Crippen molar-refractivity contribution in [1.82, 2.24) is 0 Å². The minimum atomic E-state index is -0.552. The smallest absolute Gasteiger partial charge is 0.309 e. The summed E-state index contributed by atoms with van der Waals surface area (Å²) in [6.45, 7) is 4.52. The van der Waals surface area contributed by atoms with Crippen molar-refractivity contribution in [1.29, 1.82) is 0 Å². The Hall–Kier alpha value is -1.06. The van der Waals surface area contributed by atoms with Crippen LogP contribution in [0.4, 0.5) is 0 Å². The van der Waals surface area contributed by atoms with Crippen molar-refractivity contribution in [2.45, 2.75) is 129 Å². The van der Waals surface area contributed by atoms with E-state index in [0.717, 1.165) is 38.5 Å². The number of carbonyl (C=O) groups is 2. The second-order valence-corrected chi connectivity index (χ2v) is 15.0. The molecule has 0 aliphatic heterocycles. The number of rotatable bonds is 9. The van der Waals surface area contributed by atoms with Crippen LogP contribution in [0.5, 0.6) is 0 Å². The first kappa shape index (κ1) is 23.3. The standard InChI is InChI=1S/C30H46O4/c1-3-5-7-25-9-21-11-27(15-25,23(31)32)19-29(13-21,17-25)30-14-22-10-26(18-30,8-6-4-2)16-28(12-22,20-30)24(33)34/h21-22H,3-20H2,1-2H3,(H,31,32)(H,33,34). The summed E-state index contributed by atoms with van der Waals surface area (Å²) in [5.41, 5.74) is -0.631. The molecule has 8 aliphatic rings. The molecule has 0 heterocycles. The van der Waals surface area contributed by atoms with Crippen LogP contribution in [0.2, 0.25) is 0 Å². The first-order chi connectivity index (χ1) is 16.1. The normalized spacial score (nSPS) is 52.3. The summed E-state index contributed by atoms with van der Waals surface area (Å²) in [6, 6.07) is 0. The summed E-state index contributed by atoms with van der Waals surface area (Å²) in [6.07, 6.45) is 19.5. The Balaban J connectivity index is 1.46. The van der Waals surface area contributed by atoms with E-state index in [9.17, 15) is 19.8 Å². The lowest BCUT2D eigenvalue weighted by Crippen LogP contribution is -2.69. The van der Waals surface area contributed by atoms with Gasteiger partial charge in [-0.15, -0.1) is 0 Å². The molecule has 190 valence electrons. The fraction of sp³-hybridized carbons (Fsp3) is 0.933. The minimum absolute atomic E-state index is 0.0518. The van der Waals surface area contributed by atoms with Gasteiger partial charge in [-0.05, 0) is 123 Å². The van der Waals surface area contributed by atoms with Crippen LogP contribution in [-0.2, 0) is 9.59 Å². The van der Waals surface area contributed by atoms with Gasteiger partial charge in [0.25, 0.3) is 0 Å². The third kappa shape index (κ3) is 3.01. The van der Waals surface area contributed by atoms with E-state index in [1.807, 2.05) is 0 Å². The lowest BCUT2D eigenvalue weighted by Gasteiger charge is -2.76. The number of carboxylic acids is 2. The van der Waals surface area contributed by atoms with E-state index in [4.69, 9.17) is 0 Å². The molecule has 8 aliphatic carbocycles. The zero-order valence-corrected chi connectivity index (χ0v) is 21.6. The molecule has 4 heteroatoms. The molecule has 0 saturated heterocycles. The highest BCUT2D eigenvalue weighted by molar-refractivity contribution is 5.77. The Morgan fingerprint density at radius 2 is 1.03 bits per heavy atom. The Bertz CT molecular complexity index is 826. The summed E-state index contributed by atoms with van der Waals surface area (Å²) in [7, 11) is 0. The quantitative estimate of drug-likeness (QED) is 0.367. The molecule has 0 spiro atoms. The van der Waals surface area contributed by atoms with E-state index < -0.39 is 22.8 Å². The summed E-state index contributed by atoms with van der Waals surface area (Å²) < 4.78 is 0. The molecule has 34 heavy (non-hydrogen) atoms. The largest absolute Gasteiger partial charge is 0.481 e. The highest BCUT2D eigenvalue weighted by Crippen LogP contribution is 2.83. The SMILES string of the molecule is CCCCC12CC3CC(C(=O)O)(C1)CC(C14CC5CC(CCCC)(CC(C(=O)O)(C5)C1)C4)(C3)C2. The van der Waals surface area contributed by atoms with E-state index in [1.165, 1.54) is 77.0 Å². The van der Waals surface area contributed by atoms with Crippen LogP contribution < -0.4 is 0 Å². The molecule has 0 amide bonds. The van der Waals surface area contributed by atoms with Gasteiger partial charge in [-0.3, -0.25) is 9.59 Å². The van der Waals surface area contributed by atoms with Crippen LogP contribution in [-0.4, -0.2) is 22.2 Å². The van der Waals surface area contributed by atoms with Gasteiger partial charge in [0.2, 0.25) is 0 Å². The van der Waals surface area contributed by atoms with Crippen LogP contribution in [0.1, 0.15) is 129 Å². The predicted octanol–water partition coefficient (Wildman–Crippen LogP) is 7.45. The molecule has 2 N–H and O–H groups in total.